The van der Waals surface area contributed by atoms with Crippen LogP contribution >= 0.6 is 0 Å². The van der Waals surface area contributed by atoms with Crippen molar-refractivity contribution in [3.8, 4) is 0 Å². The molecule has 29 aromatic rings. The highest BCUT2D eigenvalue weighted by atomic mass is 16.5. The molecule has 0 amide bonds. The molecule has 0 N–H and O–H groups in total. The summed E-state index contributed by atoms with van der Waals surface area (Å²) in [6.07, 6.45) is 18.3. The first kappa shape index (κ1) is 45.8. The summed E-state index contributed by atoms with van der Waals surface area (Å²) >= 11 is 0. The normalized spacial score (nSPS) is 31.2. The molecule has 0 heterocycles. The maximum atomic E-state index is 15.6. The summed E-state index contributed by atoms with van der Waals surface area (Å²) in [7, 11) is 0. The van der Waals surface area contributed by atoms with E-state index in [4.69, 9.17) is 4.74 Å². The molecule has 0 saturated heterocycles. The molecule has 462 valence electrons. The molecule has 0 bridgehead atoms. The number of ether oxygens (including phenoxy) is 1. The van der Waals surface area contributed by atoms with Gasteiger partial charge in [-0.3, -0.25) is 4.79 Å². The van der Waals surface area contributed by atoms with Crippen LogP contribution in [-0.2, 0) is 25.8 Å². The van der Waals surface area contributed by atoms with E-state index >= 15 is 4.79 Å². The van der Waals surface area contributed by atoms with Crippen LogP contribution in [0.3, 0.4) is 0 Å². The van der Waals surface area contributed by atoms with Crippen molar-refractivity contribution in [2.75, 3.05) is 0 Å². The van der Waals surface area contributed by atoms with Crippen molar-refractivity contribution >= 4 is 297 Å². The summed E-state index contributed by atoms with van der Waals surface area (Å²) in [5.41, 5.74) is 8.27. The maximum absolute atomic E-state index is 15.6. The van der Waals surface area contributed by atoms with Crippen LogP contribution in [-0.4, -0.2) is 12.1 Å². The number of carbonyl (C=O) groups is 1. The summed E-state index contributed by atoms with van der Waals surface area (Å²) in [6.45, 7) is 13.0. The van der Waals surface area contributed by atoms with Crippen LogP contribution in [0.25, 0.3) is 291 Å². The SMILES string of the molecule is CC(C)CCC[C@@H](C)[C@H]1CC[C@H]2[C@@H]3CCC4C[C@@H](OC(=O)CCCC5(c6ccccc6)C67c8c9c%10c%11c%12c%13c(c%14c%15c6c6c8c8c%16c9c9c%10c%10c%12c%12c%17c%13c%13c%14c%14c%15c%15c6c6c8c8c%16c%16c9c9c%10c%12c%10c%12c%17c%13c%13c%14c%14c%15c6c6c8c8c%16c9c%10c9c%12c%13c%14c6c89)C%1157)CC[C@]4(C)[C@H]3CC[C@]12C. The van der Waals surface area contributed by atoms with Gasteiger partial charge in [-0.05, 0) is 442 Å². The molecule has 2 heteroatoms. The lowest BCUT2D eigenvalue weighted by molar-refractivity contribution is -0.163. The minimum atomic E-state index is -0.370. The fourth-order valence-electron chi connectivity index (χ4n) is 36.5. The molecular formula is C98H58O2. The summed E-state index contributed by atoms with van der Waals surface area (Å²) in [5.74, 6) is 5.88. The number of hydrogen-bond donors (Lipinski definition) is 0. The number of carbonyl (C=O) groups excluding carboxylic acids is 1. The van der Waals surface area contributed by atoms with Crippen molar-refractivity contribution in [1.82, 2.24) is 0 Å². The standard InChI is InChI=1S/C98H58O2/c1-26(2)11-9-12-27(3)32-18-19-33-31-17-16-29-25-30(20-23-94(29,4)34(31)21-24-95(32,33)5)100-35(99)15-10-22-96(28-13-7-6-8-14-28)97-90-82-74-64-54-46-38-36-37-40-44-42(38)50-58-52(44)62-56-48(40)49-41(37)45-43-39(36)47(46)55-61-51(43)59-53(45)63-57(49)67-66(56)76-70(62)80-72(58)78(68(74)60(50)54)86(90)88(80)92-84(76)85-77(67)71(63)81-73(59)79-69(61)75(65(55)64)83(82)91(97)87(79)89(81)93(85)98(92,96)97/h6-8,13-14,26-27,29-34H,9-12,15-25H2,1-5H3/t27-,29?,30+,31+,32-,33+,34+,94+,95-,96?,97?,98?/m1/s1. The predicted octanol–water partition coefficient (Wildman–Crippen LogP) is 26.4. The Morgan fingerprint density at radius 3 is 1.08 bits per heavy atom. The smallest absolute Gasteiger partial charge is 0.306 e. The molecule has 100 heavy (non-hydrogen) atoms. The van der Waals surface area contributed by atoms with Gasteiger partial charge in [-0.1, -0.05) is 84.2 Å². The molecule has 0 aromatic heterocycles. The fourth-order valence-corrected chi connectivity index (χ4v) is 36.5. The van der Waals surface area contributed by atoms with E-state index in [1.165, 1.54) is 69.8 Å². The van der Waals surface area contributed by atoms with E-state index in [1.54, 1.807) is 313 Å². The highest BCUT2D eigenvalue weighted by Gasteiger charge is 2.94. The lowest BCUT2D eigenvalue weighted by Crippen LogP contribution is -2.54. The first-order valence-electron chi connectivity index (χ1n) is 40.2. The van der Waals surface area contributed by atoms with Gasteiger partial charge in [0.2, 0.25) is 0 Å². The third-order valence-electron chi connectivity index (χ3n) is 37.8. The Kier molecular flexibility index (Phi) is 5.42. The first-order valence-corrected chi connectivity index (χ1v) is 40.2. The monoisotopic (exact) mass is 1270 g/mol. The third kappa shape index (κ3) is 3.09. The van der Waals surface area contributed by atoms with Gasteiger partial charge in [0, 0.05) is 22.7 Å². The molecule has 5 saturated carbocycles. The van der Waals surface area contributed by atoms with Crippen LogP contribution < -0.4 is 0 Å². The van der Waals surface area contributed by atoms with Gasteiger partial charge in [-0.15, -0.1) is 0 Å². The Labute approximate surface area is 566 Å². The van der Waals surface area contributed by atoms with Gasteiger partial charge in [0.1, 0.15) is 6.10 Å². The summed E-state index contributed by atoms with van der Waals surface area (Å²) < 4.78 is 7.11. The molecule has 2 nitrogen and oxygen atoms in total. The zero-order valence-corrected chi connectivity index (χ0v) is 56.4. The van der Waals surface area contributed by atoms with E-state index in [2.05, 4.69) is 65.0 Å². The van der Waals surface area contributed by atoms with Crippen molar-refractivity contribution < 1.29 is 9.53 Å². The van der Waals surface area contributed by atoms with Crippen LogP contribution in [0, 0.1) is 52.3 Å². The topological polar surface area (TPSA) is 26.3 Å². The molecule has 9 aliphatic carbocycles. The van der Waals surface area contributed by atoms with Gasteiger partial charge in [0.05, 0.1) is 0 Å². The minimum Gasteiger partial charge on any atom is -0.462 e. The van der Waals surface area contributed by atoms with Gasteiger partial charge < -0.3 is 4.74 Å². The first-order chi connectivity index (χ1) is 49.2. The van der Waals surface area contributed by atoms with Crippen molar-refractivity contribution in [3.63, 3.8) is 0 Å². The van der Waals surface area contributed by atoms with Crippen LogP contribution in [0.1, 0.15) is 159 Å². The van der Waals surface area contributed by atoms with E-state index in [1.807, 2.05) is 0 Å². The maximum Gasteiger partial charge on any atom is 0.306 e. The Morgan fingerprint density at radius 1 is 0.380 bits per heavy atom. The fraction of sp³-hybridized carbons (Fsp3) is 0.337. The highest BCUT2D eigenvalue weighted by Crippen LogP contribution is 2.97. The molecule has 0 aliphatic heterocycles. The van der Waals surface area contributed by atoms with Gasteiger partial charge in [-0.25, -0.2) is 0 Å². The highest BCUT2D eigenvalue weighted by molar-refractivity contribution is 6.82. The number of rotatable bonds is 11. The predicted molar refractivity (Wildman–Crippen MR) is 419 cm³/mol. The second kappa shape index (κ2) is 11.8. The van der Waals surface area contributed by atoms with Gasteiger partial charge >= 0.3 is 5.97 Å². The molecule has 9 atom stereocenters. The molecular weight excluding hydrogens is 1210 g/mol. The van der Waals surface area contributed by atoms with Crippen molar-refractivity contribution in [2.24, 2.45) is 52.3 Å². The van der Waals surface area contributed by atoms with Crippen LogP contribution in [0.2, 0.25) is 0 Å². The molecule has 29 aromatic carbocycles. The number of fused-ring (bicyclic) bond motifs is 5. The van der Waals surface area contributed by atoms with Gasteiger partial charge in [0.25, 0.3) is 0 Å². The second-order valence-corrected chi connectivity index (χ2v) is 39.4. The molecule has 2 spiro atoms. The van der Waals surface area contributed by atoms with E-state index < -0.39 is 0 Å². The summed E-state index contributed by atoms with van der Waals surface area (Å²) in [5, 5.41) is 89.3. The number of benzene rings is 19. The minimum absolute atomic E-state index is 0.0315. The number of esters is 1. The zero-order valence-electron chi connectivity index (χ0n) is 56.4. The van der Waals surface area contributed by atoms with Crippen molar-refractivity contribution in [2.45, 2.75) is 153 Å². The lowest BCUT2D eigenvalue weighted by atomic mass is 9.44. The lowest BCUT2D eigenvalue weighted by Gasteiger charge is -2.61. The van der Waals surface area contributed by atoms with Gasteiger partial charge in [-0.2, -0.15) is 0 Å². The van der Waals surface area contributed by atoms with Crippen LogP contribution in [0.5, 0.6) is 0 Å². The van der Waals surface area contributed by atoms with Crippen molar-refractivity contribution in [3.05, 3.63) is 58.1 Å². The van der Waals surface area contributed by atoms with E-state index in [9.17, 15) is 0 Å². The molecule has 0 radical (unpaired) electrons. The Hall–Kier alpha value is -8.85. The van der Waals surface area contributed by atoms with E-state index in [0.29, 0.717) is 23.2 Å². The average Bonchev–Trinajstić information content (AvgIpc) is 1.36. The summed E-state index contributed by atoms with van der Waals surface area (Å²) in [6, 6.07) is 12.4. The van der Waals surface area contributed by atoms with E-state index in [0.717, 1.165) is 61.2 Å². The largest absolute Gasteiger partial charge is 0.462 e. The average molecular weight is 1270 g/mol. The summed E-state index contributed by atoms with van der Waals surface area (Å²) in [4.78, 5) is 15.6. The molecule has 1 unspecified atom stereocenters. The van der Waals surface area contributed by atoms with Crippen molar-refractivity contribution in [1.29, 1.82) is 0 Å². The molecule has 38 rings (SSSR count). The molecule has 5 fully saturated rings. The Morgan fingerprint density at radius 2 is 0.720 bits per heavy atom. The Bertz CT molecular complexity index is 7960. The van der Waals surface area contributed by atoms with Crippen LogP contribution in [0.15, 0.2) is 30.3 Å². The van der Waals surface area contributed by atoms with Crippen LogP contribution in [0.4, 0.5) is 0 Å². The van der Waals surface area contributed by atoms with E-state index in [-0.39, 0.29) is 28.3 Å². The Balaban J connectivity index is 0.614. The van der Waals surface area contributed by atoms with Gasteiger partial charge in [0.15, 0.2) is 0 Å². The quantitative estimate of drug-likeness (QED) is 0.0953. The molecule has 9 aliphatic rings. The third-order valence-corrected chi connectivity index (χ3v) is 37.8. The second-order valence-electron chi connectivity index (χ2n) is 39.4. The zero-order chi connectivity index (χ0) is 62.6. The number of hydrogen-bond acceptors (Lipinski definition) is 2.